The third-order valence-corrected chi connectivity index (χ3v) is 7.12. The number of anilines is 1. The second-order valence-electron chi connectivity index (χ2n) is 9.37. The zero-order chi connectivity index (χ0) is 26.0. The van der Waals surface area contributed by atoms with Crippen LogP contribution in [0.3, 0.4) is 0 Å². The van der Waals surface area contributed by atoms with E-state index in [1.54, 1.807) is 0 Å². The van der Waals surface area contributed by atoms with E-state index in [9.17, 15) is 18.4 Å². The third kappa shape index (κ3) is 9.25. The molecule has 194 valence electrons. The third-order valence-electron chi connectivity index (χ3n) is 5.92. The minimum atomic E-state index is -0.796. The molecule has 1 aromatic carbocycles. The van der Waals surface area contributed by atoms with E-state index in [1.165, 1.54) is 11.3 Å². The predicted molar refractivity (Wildman–Crippen MR) is 135 cm³/mol. The second-order valence-corrected chi connectivity index (χ2v) is 10.3. The van der Waals surface area contributed by atoms with Crippen molar-refractivity contribution in [1.82, 2.24) is 20.8 Å². The highest BCUT2D eigenvalue weighted by molar-refractivity contribution is 7.15. The number of halogens is 2. The van der Waals surface area contributed by atoms with Crippen LogP contribution in [-0.2, 0) is 21.4 Å². The number of carbonyl (C=O) groups is 2. The molecule has 35 heavy (non-hydrogen) atoms. The van der Waals surface area contributed by atoms with Gasteiger partial charge in [-0.2, -0.15) is 0 Å². The summed E-state index contributed by atoms with van der Waals surface area (Å²) in [5.41, 5.74) is -0.0120. The average molecular weight is 510 g/mol. The molecule has 0 aliphatic carbocycles. The predicted octanol–water partition coefficient (Wildman–Crippen LogP) is 4.73. The number of carbonyl (C=O) groups excluding carboxylic acids is 2. The van der Waals surface area contributed by atoms with Crippen molar-refractivity contribution in [2.75, 3.05) is 11.9 Å². The molecule has 2 amide bonds. The Morgan fingerprint density at radius 1 is 1.06 bits per heavy atom. The van der Waals surface area contributed by atoms with Crippen molar-refractivity contribution in [1.29, 1.82) is 0 Å². The van der Waals surface area contributed by atoms with Gasteiger partial charge in [-0.3, -0.25) is 14.9 Å². The van der Waals surface area contributed by atoms with E-state index >= 15 is 0 Å². The lowest BCUT2D eigenvalue weighted by Gasteiger charge is -2.23. The molecule has 1 heterocycles. The Labute approximate surface area is 210 Å². The van der Waals surface area contributed by atoms with Gasteiger partial charge in [0, 0.05) is 17.5 Å². The molecule has 0 spiro atoms. The van der Waals surface area contributed by atoms with Crippen molar-refractivity contribution < 1.29 is 18.4 Å². The van der Waals surface area contributed by atoms with E-state index < -0.39 is 29.5 Å². The van der Waals surface area contributed by atoms with E-state index in [4.69, 9.17) is 0 Å². The van der Waals surface area contributed by atoms with Gasteiger partial charge in [0.25, 0.3) is 0 Å². The topological polar surface area (TPSA) is 96.0 Å². The van der Waals surface area contributed by atoms with Crippen LogP contribution in [-0.4, -0.2) is 40.6 Å². The van der Waals surface area contributed by atoms with Gasteiger partial charge in [-0.25, -0.2) is 8.78 Å². The molecular formula is C25H37F2N5O2S. The van der Waals surface area contributed by atoms with Crippen LogP contribution in [0, 0.1) is 11.6 Å². The Morgan fingerprint density at radius 2 is 1.71 bits per heavy atom. The van der Waals surface area contributed by atoms with Gasteiger partial charge in [-0.15, -0.1) is 10.2 Å². The maximum Gasteiger partial charge on any atom is 0.248 e. The van der Waals surface area contributed by atoms with Gasteiger partial charge >= 0.3 is 0 Å². The standard InChI is InChI=1S/C25H37F2N5O2S/c1-6-9-20(29-21(33)14-16-12-17(26)15-18(27)13-16)22(34)30-24-32-31-23(35-24)25(4,5)10-11-28-19(7-2)8-3/h12-13,15,19-20,28H,6-11,14H2,1-5H3,(H,29,33)(H,30,32,34). The van der Waals surface area contributed by atoms with E-state index in [1.807, 2.05) is 6.92 Å². The fourth-order valence-electron chi connectivity index (χ4n) is 3.71. The molecule has 1 unspecified atom stereocenters. The van der Waals surface area contributed by atoms with E-state index in [0.717, 1.165) is 49.0 Å². The SMILES string of the molecule is CCCC(NC(=O)Cc1cc(F)cc(F)c1)C(=O)Nc1nnc(C(C)(C)CCNC(CC)CC)s1. The molecule has 0 radical (unpaired) electrons. The molecule has 0 aliphatic heterocycles. The first kappa shape index (κ1) is 28.8. The van der Waals surface area contributed by atoms with Crippen molar-refractivity contribution in [2.45, 2.75) is 90.6 Å². The summed E-state index contributed by atoms with van der Waals surface area (Å²) >= 11 is 1.32. The average Bonchev–Trinajstić information content (AvgIpc) is 3.25. The zero-order valence-corrected chi connectivity index (χ0v) is 22.0. The summed E-state index contributed by atoms with van der Waals surface area (Å²) in [6.07, 6.45) is 3.88. The summed E-state index contributed by atoms with van der Waals surface area (Å²) < 4.78 is 26.8. The van der Waals surface area contributed by atoms with Gasteiger partial charge in [0.15, 0.2) is 0 Å². The highest BCUT2D eigenvalue weighted by Gasteiger charge is 2.27. The van der Waals surface area contributed by atoms with Crippen LogP contribution in [0.1, 0.15) is 77.3 Å². The van der Waals surface area contributed by atoms with E-state index in [2.05, 4.69) is 53.8 Å². The molecule has 0 bridgehead atoms. The van der Waals surface area contributed by atoms with Crippen molar-refractivity contribution in [3.63, 3.8) is 0 Å². The van der Waals surface area contributed by atoms with Crippen LogP contribution in [0.15, 0.2) is 18.2 Å². The van der Waals surface area contributed by atoms with Gasteiger partial charge in [0.2, 0.25) is 16.9 Å². The number of nitrogens with one attached hydrogen (secondary N) is 3. The van der Waals surface area contributed by atoms with Gasteiger partial charge in [-0.1, -0.05) is 52.4 Å². The minimum Gasteiger partial charge on any atom is -0.344 e. The maximum absolute atomic E-state index is 13.4. The first-order valence-corrected chi connectivity index (χ1v) is 13.0. The lowest BCUT2D eigenvalue weighted by molar-refractivity contribution is -0.126. The van der Waals surface area contributed by atoms with Gasteiger partial charge in [0.05, 0.1) is 6.42 Å². The van der Waals surface area contributed by atoms with Crippen molar-refractivity contribution in [3.05, 3.63) is 40.4 Å². The van der Waals surface area contributed by atoms with Crippen LogP contribution in [0.2, 0.25) is 0 Å². The molecule has 2 aromatic rings. The molecule has 0 fully saturated rings. The van der Waals surface area contributed by atoms with Crippen molar-refractivity contribution in [3.8, 4) is 0 Å². The number of hydrogen-bond acceptors (Lipinski definition) is 6. The van der Waals surface area contributed by atoms with Crippen LogP contribution >= 0.6 is 11.3 Å². The highest BCUT2D eigenvalue weighted by atomic mass is 32.1. The Kier molecular flexibility index (Phi) is 11.2. The molecule has 0 saturated heterocycles. The molecule has 1 aromatic heterocycles. The Morgan fingerprint density at radius 3 is 2.31 bits per heavy atom. The summed E-state index contributed by atoms with van der Waals surface area (Å²) in [4.78, 5) is 25.3. The van der Waals surface area contributed by atoms with Crippen molar-refractivity contribution in [2.24, 2.45) is 0 Å². The Balaban J connectivity index is 1.96. The van der Waals surface area contributed by atoms with Gasteiger partial charge < -0.3 is 10.6 Å². The quantitative estimate of drug-likeness (QED) is 0.342. The largest absolute Gasteiger partial charge is 0.344 e. The van der Waals surface area contributed by atoms with Crippen LogP contribution < -0.4 is 16.0 Å². The van der Waals surface area contributed by atoms with Crippen LogP contribution in [0.25, 0.3) is 0 Å². The van der Waals surface area contributed by atoms with Crippen molar-refractivity contribution >= 4 is 28.3 Å². The normalized spacial score (nSPS) is 12.6. The number of aromatic nitrogens is 2. The number of amides is 2. The smallest absolute Gasteiger partial charge is 0.248 e. The van der Waals surface area contributed by atoms with Gasteiger partial charge in [-0.05, 0) is 49.9 Å². The summed E-state index contributed by atoms with van der Waals surface area (Å²) in [5, 5.41) is 18.6. The lowest BCUT2D eigenvalue weighted by Crippen LogP contribution is -2.44. The highest BCUT2D eigenvalue weighted by Crippen LogP contribution is 2.31. The molecule has 7 nitrogen and oxygen atoms in total. The summed E-state index contributed by atoms with van der Waals surface area (Å²) in [6.45, 7) is 11.3. The zero-order valence-electron chi connectivity index (χ0n) is 21.2. The first-order valence-electron chi connectivity index (χ1n) is 12.2. The van der Waals surface area contributed by atoms with E-state index in [-0.39, 0.29) is 17.4 Å². The second kappa shape index (κ2) is 13.6. The van der Waals surface area contributed by atoms with Crippen LogP contribution in [0.4, 0.5) is 13.9 Å². The van der Waals surface area contributed by atoms with E-state index in [0.29, 0.717) is 24.0 Å². The molecule has 0 saturated carbocycles. The molecular weight excluding hydrogens is 472 g/mol. The number of nitrogens with zero attached hydrogens (tertiary/aromatic N) is 2. The first-order chi connectivity index (χ1) is 16.6. The minimum absolute atomic E-state index is 0.199. The molecule has 10 heteroatoms. The molecule has 1 atom stereocenters. The summed E-state index contributed by atoms with van der Waals surface area (Å²) in [5.74, 6) is -2.40. The summed E-state index contributed by atoms with van der Waals surface area (Å²) in [7, 11) is 0. The monoisotopic (exact) mass is 509 g/mol. The Bertz CT molecular complexity index is 958. The number of rotatable bonds is 14. The molecule has 0 aliphatic rings. The van der Waals surface area contributed by atoms with Gasteiger partial charge in [0.1, 0.15) is 22.7 Å². The molecule has 3 N–H and O–H groups in total. The fraction of sp³-hybridized carbons (Fsp3) is 0.600. The molecule has 2 rings (SSSR count). The lowest BCUT2D eigenvalue weighted by atomic mass is 9.90. The summed E-state index contributed by atoms with van der Waals surface area (Å²) in [6, 6.07) is 2.65. The number of hydrogen-bond donors (Lipinski definition) is 3. The van der Waals surface area contributed by atoms with Crippen LogP contribution in [0.5, 0.6) is 0 Å². The number of benzene rings is 1. The maximum atomic E-state index is 13.4. The fourth-order valence-corrected chi connectivity index (χ4v) is 4.59. The Hall–Kier alpha value is -2.46.